The Bertz CT molecular complexity index is 476. The first-order valence-electron chi connectivity index (χ1n) is 3.98. The lowest BCUT2D eigenvalue weighted by atomic mass is 9.79. The monoisotopic (exact) mass is 200 g/mol. The van der Waals surface area contributed by atoms with Gasteiger partial charge in [-0.15, -0.1) is 5.10 Å². The normalized spacial score (nSPS) is 12.3. The fraction of sp³-hybridized carbons (Fsp3) is 0.143. The Morgan fingerprint density at radius 3 is 2.64 bits per heavy atom. The van der Waals surface area contributed by atoms with Crippen LogP contribution in [0, 0.1) is 0 Å². The summed E-state index contributed by atoms with van der Waals surface area (Å²) in [5.41, 5.74) is -0.334. The van der Waals surface area contributed by atoms with Gasteiger partial charge in [-0.05, 0) is 6.07 Å². The molecule has 1 aromatic heterocycles. The van der Waals surface area contributed by atoms with Gasteiger partial charge >= 0.3 is 6.98 Å². The Morgan fingerprint density at radius 1 is 1.29 bits per heavy atom. The van der Waals surface area contributed by atoms with Crippen molar-refractivity contribution in [2.75, 3.05) is 0 Å². The van der Waals surface area contributed by atoms with Crippen LogP contribution < -0.4 is 5.46 Å². The summed E-state index contributed by atoms with van der Waals surface area (Å²) in [6.45, 7) is -5.01. The highest BCUT2D eigenvalue weighted by molar-refractivity contribution is 6.75. The molecule has 0 amide bonds. The zero-order chi connectivity index (χ0) is 10.3. The Kier molecular flexibility index (Phi) is 1.76. The molecule has 0 aliphatic rings. The lowest BCUT2D eigenvalue weighted by Crippen LogP contribution is -2.35. The Labute approximate surface area is 77.6 Å². The second-order valence-electron chi connectivity index (χ2n) is 3.00. The second kappa shape index (κ2) is 2.73. The number of hydrogen-bond acceptors (Lipinski definition) is 2. The van der Waals surface area contributed by atoms with Crippen molar-refractivity contribution in [3.63, 3.8) is 0 Å². The number of para-hydroxylation sites is 1. The average molecular weight is 200 g/mol. The van der Waals surface area contributed by atoms with Gasteiger partial charge in [0.15, 0.2) is 0 Å². The first-order chi connectivity index (χ1) is 6.50. The maximum atomic E-state index is 12.6. The third-order valence-corrected chi connectivity index (χ3v) is 2.01. The summed E-state index contributed by atoms with van der Waals surface area (Å²) in [6, 6.07) is 3.89. The van der Waals surface area contributed by atoms with Gasteiger partial charge in [0.2, 0.25) is 0 Å². The highest BCUT2D eigenvalue weighted by Gasteiger charge is 2.28. The van der Waals surface area contributed by atoms with Crippen LogP contribution in [0.5, 0.6) is 0 Å². The zero-order valence-corrected chi connectivity index (χ0v) is 7.28. The summed E-state index contributed by atoms with van der Waals surface area (Å²) >= 11 is 0. The van der Waals surface area contributed by atoms with Crippen LogP contribution in [0.2, 0.25) is 0 Å². The van der Waals surface area contributed by atoms with Gasteiger partial charge in [0.1, 0.15) is 5.52 Å². The number of benzene rings is 1. The van der Waals surface area contributed by atoms with Crippen LogP contribution >= 0.6 is 0 Å². The molecule has 0 saturated heterocycles. The number of nitrogens with zero attached hydrogens (tertiary/aromatic N) is 3. The van der Waals surface area contributed by atoms with E-state index in [1.165, 1.54) is 19.2 Å². The lowest BCUT2D eigenvalue weighted by molar-refractivity contribution is 0.501. The van der Waals surface area contributed by atoms with Crippen molar-refractivity contribution in [3.8, 4) is 0 Å². The van der Waals surface area contributed by atoms with Crippen LogP contribution in [-0.2, 0) is 7.05 Å². The summed E-state index contributed by atoms with van der Waals surface area (Å²) in [6.07, 6.45) is 0. The number of fused-ring (bicyclic) bond motifs is 1. The summed E-state index contributed by atoms with van der Waals surface area (Å²) in [4.78, 5) is 0. The van der Waals surface area contributed by atoms with E-state index in [-0.39, 0.29) is 11.0 Å². The van der Waals surface area contributed by atoms with Gasteiger partial charge in [-0.2, -0.15) is 0 Å². The fourth-order valence-electron chi connectivity index (χ4n) is 1.41. The first kappa shape index (κ1) is 9.05. The molecule has 3 nitrogen and oxygen atoms in total. The number of aryl methyl sites for hydroxylation is 1. The van der Waals surface area contributed by atoms with Crippen molar-refractivity contribution in [1.29, 1.82) is 0 Å². The predicted molar refractivity (Wildman–Crippen MR) is 47.2 cm³/mol. The van der Waals surface area contributed by atoms with Crippen LogP contribution in [0.1, 0.15) is 0 Å². The molecule has 0 atom stereocenters. The standard InChI is InChI=1S/C7H6BF3N3/c1-14-7-5(8(9,10)11)3-2-4-6(7)12-13-14/h2-4H,1H3/q-1. The van der Waals surface area contributed by atoms with Crippen molar-refractivity contribution in [3.05, 3.63) is 18.2 Å². The van der Waals surface area contributed by atoms with Crippen LogP contribution in [0.4, 0.5) is 12.9 Å². The van der Waals surface area contributed by atoms with Crippen molar-refractivity contribution < 1.29 is 12.9 Å². The Morgan fingerprint density at radius 2 is 2.00 bits per heavy atom. The van der Waals surface area contributed by atoms with Gasteiger partial charge in [-0.3, -0.25) is 4.68 Å². The molecule has 0 spiro atoms. The predicted octanol–water partition coefficient (Wildman–Crippen LogP) is 1.02. The highest BCUT2D eigenvalue weighted by Crippen LogP contribution is 2.15. The number of rotatable bonds is 1. The number of aromatic nitrogens is 3. The molecule has 74 valence electrons. The van der Waals surface area contributed by atoms with E-state index in [0.717, 1.165) is 10.7 Å². The van der Waals surface area contributed by atoms with Crippen LogP contribution in [0.3, 0.4) is 0 Å². The molecule has 1 heterocycles. The van der Waals surface area contributed by atoms with E-state index in [1.54, 1.807) is 0 Å². The zero-order valence-electron chi connectivity index (χ0n) is 7.28. The van der Waals surface area contributed by atoms with E-state index in [4.69, 9.17) is 0 Å². The van der Waals surface area contributed by atoms with Crippen molar-refractivity contribution >= 4 is 23.5 Å². The Hall–Kier alpha value is -1.53. The third kappa shape index (κ3) is 1.25. The third-order valence-electron chi connectivity index (χ3n) is 2.01. The minimum Gasteiger partial charge on any atom is -0.445 e. The number of halogens is 3. The van der Waals surface area contributed by atoms with Crippen molar-refractivity contribution in [2.24, 2.45) is 7.05 Å². The molecule has 7 heteroatoms. The minimum atomic E-state index is -5.01. The molecule has 0 fully saturated rings. The van der Waals surface area contributed by atoms with Gasteiger partial charge in [0.25, 0.3) is 0 Å². The molecule has 0 radical (unpaired) electrons. The molecule has 2 rings (SSSR count). The van der Waals surface area contributed by atoms with Gasteiger partial charge in [-0.1, -0.05) is 22.8 Å². The largest absolute Gasteiger partial charge is 0.511 e. The van der Waals surface area contributed by atoms with Crippen LogP contribution in [0.25, 0.3) is 11.0 Å². The van der Waals surface area contributed by atoms with E-state index in [9.17, 15) is 12.9 Å². The van der Waals surface area contributed by atoms with Crippen molar-refractivity contribution in [1.82, 2.24) is 15.0 Å². The van der Waals surface area contributed by atoms with Gasteiger partial charge in [0.05, 0.1) is 5.52 Å². The second-order valence-corrected chi connectivity index (χ2v) is 3.00. The first-order valence-corrected chi connectivity index (χ1v) is 3.98. The van der Waals surface area contributed by atoms with Crippen LogP contribution in [-0.4, -0.2) is 22.0 Å². The Balaban J connectivity index is 2.82. The molecule has 0 bridgehead atoms. The van der Waals surface area contributed by atoms with E-state index in [1.807, 2.05) is 0 Å². The van der Waals surface area contributed by atoms with Gasteiger partial charge in [-0.25, -0.2) is 0 Å². The molecule has 0 N–H and O–H groups in total. The van der Waals surface area contributed by atoms with Gasteiger partial charge in [0, 0.05) is 7.05 Å². The minimum absolute atomic E-state index is 0.0417. The average Bonchev–Trinajstić information content (AvgIpc) is 2.46. The maximum Gasteiger partial charge on any atom is 0.511 e. The van der Waals surface area contributed by atoms with Crippen LogP contribution in [0.15, 0.2) is 18.2 Å². The maximum absolute atomic E-state index is 12.6. The van der Waals surface area contributed by atoms with E-state index < -0.39 is 12.4 Å². The quantitative estimate of drug-likeness (QED) is 0.643. The topological polar surface area (TPSA) is 30.7 Å². The molecule has 0 aliphatic heterocycles. The number of hydrogen-bond donors (Lipinski definition) is 0. The van der Waals surface area contributed by atoms with Crippen molar-refractivity contribution in [2.45, 2.75) is 0 Å². The highest BCUT2D eigenvalue weighted by atomic mass is 19.4. The van der Waals surface area contributed by atoms with E-state index >= 15 is 0 Å². The summed E-state index contributed by atoms with van der Waals surface area (Å²) in [7, 11) is 1.45. The molecule has 1 aromatic carbocycles. The molecular formula is C7H6BF3N3-. The summed E-state index contributed by atoms with van der Waals surface area (Å²) in [5.74, 6) is 0. The molecule has 2 aromatic rings. The smallest absolute Gasteiger partial charge is 0.445 e. The summed E-state index contributed by atoms with van der Waals surface area (Å²) < 4.78 is 38.8. The van der Waals surface area contributed by atoms with E-state index in [2.05, 4.69) is 10.3 Å². The lowest BCUT2D eigenvalue weighted by Gasteiger charge is -2.15. The summed E-state index contributed by atoms with van der Waals surface area (Å²) in [5, 5.41) is 7.16. The molecule has 0 unspecified atom stereocenters. The SMILES string of the molecule is Cn1nnc2cccc([B-](F)(F)F)c21. The molecular weight excluding hydrogens is 194 g/mol. The fourth-order valence-corrected chi connectivity index (χ4v) is 1.41. The molecule has 0 saturated carbocycles. The molecule has 14 heavy (non-hydrogen) atoms. The molecule has 0 aliphatic carbocycles. The van der Waals surface area contributed by atoms with Gasteiger partial charge < -0.3 is 12.9 Å². The van der Waals surface area contributed by atoms with E-state index in [0.29, 0.717) is 0 Å².